The number of fused-ring (bicyclic) bond motifs is 1. The van der Waals surface area contributed by atoms with Gasteiger partial charge in [0.25, 0.3) is 0 Å². The number of hydrogen-bond acceptors (Lipinski definition) is 2. The van der Waals surface area contributed by atoms with Gasteiger partial charge in [0.2, 0.25) is 0 Å². The standard InChI is InChI=1S/C21H21N3O/c1-14-4-5-18(12-15(14)2)16-6-8-17(9-7-16)19-13-24-20(22-19)10-11-23(3)21(24)25/h4-9,12-13H,10-11H2,1-3H3. The maximum Gasteiger partial charge on any atom is 0.329 e. The maximum atomic E-state index is 12.2. The van der Waals surface area contributed by atoms with E-state index in [9.17, 15) is 4.79 Å². The maximum absolute atomic E-state index is 12.2. The van der Waals surface area contributed by atoms with E-state index in [2.05, 4.69) is 61.3 Å². The summed E-state index contributed by atoms with van der Waals surface area (Å²) in [6, 6.07) is 14.9. The molecule has 0 unspecified atom stereocenters. The fraction of sp³-hybridized carbons (Fsp3) is 0.238. The fourth-order valence-electron chi connectivity index (χ4n) is 3.20. The molecule has 0 spiro atoms. The van der Waals surface area contributed by atoms with E-state index in [1.54, 1.807) is 9.47 Å². The molecular formula is C21H21N3O. The highest BCUT2D eigenvalue weighted by Gasteiger charge is 2.23. The minimum absolute atomic E-state index is 0.00764. The molecule has 0 radical (unpaired) electrons. The number of aromatic nitrogens is 2. The van der Waals surface area contributed by atoms with E-state index in [1.165, 1.54) is 22.3 Å². The van der Waals surface area contributed by atoms with Crippen molar-refractivity contribution in [3.8, 4) is 22.4 Å². The van der Waals surface area contributed by atoms with Gasteiger partial charge in [0.05, 0.1) is 5.69 Å². The zero-order valence-corrected chi connectivity index (χ0v) is 14.8. The highest BCUT2D eigenvalue weighted by molar-refractivity contribution is 5.80. The molecule has 0 fully saturated rings. The zero-order valence-electron chi connectivity index (χ0n) is 14.8. The van der Waals surface area contributed by atoms with Gasteiger partial charge in [0.15, 0.2) is 0 Å². The van der Waals surface area contributed by atoms with Crippen molar-refractivity contribution in [3.05, 3.63) is 65.6 Å². The van der Waals surface area contributed by atoms with Crippen LogP contribution in [0, 0.1) is 13.8 Å². The van der Waals surface area contributed by atoms with E-state index in [-0.39, 0.29) is 6.03 Å². The Balaban J connectivity index is 1.66. The molecule has 0 saturated carbocycles. The number of rotatable bonds is 2. The molecule has 1 amide bonds. The summed E-state index contributed by atoms with van der Waals surface area (Å²) < 4.78 is 1.66. The Bertz CT molecular complexity index is 954. The first-order valence-corrected chi connectivity index (χ1v) is 8.55. The Morgan fingerprint density at radius 2 is 1.60 bits per heavy atom. The Hall–Kier alpha value is -2.88. The summed E-state index contributed by atoms with van der Waals surface area (Å²) in [5.74, 6) is 0.844. The molecule has 25 heavy (non-hydrogen) atoms. The van der Waals surface area contributed by atoms with Gasteiger partial charge >= 0.3 is 6.03 Å². The predicted octanol–water partition coefficient (Wildman–Crippen LogP) is 4.29. The molecule has 0 aliphatic carbocycles. The molecule has 4 nitrogen and oxygen atoms in total. The van der Waals surface area contributed by atoms with Crippen LogP contribution in [0.15, 0.2) is 48.7 Å². The molecule has 4 rings (SSSR count). The smallest absolute Gasteiger partial charge is 0.327 e. The monoisotopic (exact) mass is 331 g/mol. The van der Waals surface area contributed by atoms with Crippen molar-refractivity contribution in [3.63, 3.8) is 0 Å². The second-order valence-corrected chi connectivity index (χ2v) is 6.74. The van der Waals surface area contributed by atoms with E-state index >= 15 is 0 Å². The molecule has 4 heteroatoms. The zero-order chi connectivity index (χ0) is 17.6. The first kappa shape index (κ1) is 15.6. The van der Waals surface area contributed by atoms with Crippen LogP contribution in [0.1, 0.15) is 17.0 Å². The molecule has 1 aliphatic rings. The number of nitrogens with zero attached hydrogens (tertiary/aromatic N) is 3. The number of benzene rings is 2. The highest BCUT2D eigenvalue weighted by Crippen LogP contribution is 2.26. The van der Waals surface area contributed by atoms with Crippen molar-refractivity contribution in [2.24, 2.45) is 0 Å². The summed E-state index contributed by atoms with van der Waals surface area (Å²) in [4.78, 5) is 18.6. The number of carbonyl (C=O) groups is 1. The van der Waals surface area contributed by atoms with Crippen molar-refractivity contribution < 1.29 is 4.79 Å². The van der Waals surface area contributed by atoms with Crippen LogP contribution in [0.3, 0.4) is 0 Å². The van der Waals surface area contributed by atoms with Gasteiger partial charge in [-0.15, -0.1) is 0 Å². The van der Waals surface area contributed by atoms with Crippen LogP contribution >= 0.6 is 0 Å². The van der Waals surface area contributed by atoms with Gasteiger partial charge in [-0.2, -0.15) is 0 Å². The van der Waals surface area contributed by atoms with Crippen LogP contribution in [0.4, 0.5) is 4.79 Å². The van der Waals surface area contributed by atoms with Gasteiger partial charge in [-0.05, 0) is 36.1 Å². The largest absolute Gasteiger partial charge is 0.329 e. The SMILES string of the molecule is Cc1ccc(-c2ccc(-c3cn4c(n3)CCN(C)C4=O)cc2)cc1C. The first-order chi connectivity index (χ1) is 12.0. The quantitative estimate of drug-likeness (QED) is 0.702. The molecule has 3 aromatic rings. The third-order valence-corrected chi connectivity index (χ3v) is 5.00. The van der Waals surface area contributed by atoms with Gasteiger partial charge in [-0.3, -0.25) is 4.57 Å². The minimum atomic E-state index is -0.00764. The van der Waals surface area contributed by atoms with E-state index in [0.717, 1.165) is 30.0 Å². The number of aryl methyl sites for hydroxylation is 2. The lowest BCUT2D eigenvalue weighted by Crippen LogP contribution is -2.38. The third-order valence-electron chi connectivity index (χ3n) is 5.00. The lowest BCUT2D eigenvalue weighted by atomic mass is 9.99. The number of amides is 1. The van der Waals surface area contributed by atoms with E-state index < -0.39 is 0 Å². The molecule has 2 heterocycles. The van der Waals surface area contributed by atoms with Crippen LogP contribution in [0.2, 0.25) is 0 Å². The first-order valence-electron chi connectivity index (χ1n) is 8.55. The second-order valence-electron chi connectivity index (χ2n) is 6.74. The van der Waals surface area contributed by atoms with Crippen molar-refractivity contribution in [2.75, 3.05) is 13.6 Å². The fourth-order valence-corrected chi connectivity index (χ4v) is 3.20. The number of imidazole rings is 1. The van der Waals surface area contributed by atoms with Gasteiger partial charge in [-0.25, -0.2) is 9.78 Å². The lowest BCUT2D eigenvalue weighted by molar-refractivity contribution is 0.203. The van der Waals surface area contributed by atoms with Crippen LogP contribution in [-0.4, -0.2) is 34.1 Å². The van der Waals surface area contributed by atoms with Crippen LogP contribution in [-0.2, 0) is 6.42 Å². The Kier molecular flexibility index (Phi) is 3.68. The average Bonchev–Trinajstić information content (AvgIpc) is 3.06. The van der Waals surface area contributed by atoms with E-state index in [4.69, 9.17) is 0 Å². The number of carbonyl (C=O) groups excluding carboxylic acids is 1. The third kappa shape index (κ3) is 2.74. The molecule has 0 bridgehead atoms. The summed E-state index contributed by atoms with van der Waals surface area (Å²) in [6.07, 6.45) is 2.64. The van der Waals surface area contributed by atoms with Gasteiger partial charge < -0.3 is 4.90 Å². The normalized spacial score (nSPS) is 13.9. The summed E-state index contributed by atoms with van der Waals surface area (Å²) in [5.41, 5.74) is 6.89. The lowest BCUT2D eigenvalue weighted by Gasteiger charge is -2.22. The van der Waals surface area contributed by atoms with Crippen molar-refractivity contribution in [2.45, 2.75) is 20.3 Å². The van der Waals surface area contributed by atoms with Crippen molar-refractivity contribution in [1.29, 1.82) is 0 Å². The Morgan fingerprint density at radius 3 is 2.32 bits per heavy atom. The summed E-state index contributed by atoms with van der Waals surface area (Å²) in [6.45, 7) is 4.99. The molecule has 126 valence electrons. The Labute approximate surface area is 147 Å². The van der Waals surface area contributed by atoms with Gasteiger partial charge in [-0.1, -0.05) is 42.5 Å². The van der Waals surface area contributed by atoms with Gasteiger partial charge in [0.1, 0.15) is 5.82 Å². The molecule has 0 atom stereocenters. The molecular weight excluding hydrogens is 310 g/mol. The van der Waals surface area contributed by atoms with Crippen molar-refractivity contribution in [1.82, 2.24) is 14.5 Å². The highest BCUT2D eigenvalue weighted by atomic mass is 16.2. The molecule has 0 N–H and O–H groups in total. The van der Waals surface area contributed by atoms with Crippen LogP contribution < -0.4 is 0 Å². The summed E-state index contributed by atoms with van der Waals surface area (Å²) >= 11 is 0. The molecule has 1 aromatic heterocycles. The predicted molar refractivity (Wildman–Crippen MR) is 99.7 cm³/mol. The topological polar surface area (TPSA) is 38.1 Å². The summed E-state index contributed by atoms with van der Waals surface area (Å²) in [7, 11) is 1.82. The summed E-state index contributed by atoms with van der Waals surface area (Å²) in [5, 5.41) is 0. The van der Waals surface area contributed by atoms with Crippen LogP contribution in [0.5, 0.6) is 0 Å². The Morgan fingerprint density at radius 1 is 0.920 bits per heavy atom. The van der Waals surface area contributed by atoms with E-state index in [0.29, 0.717) is 0 Å². The van der Waals surface area contributed by atoms with Crippen LogP contribution in [0.25, 0.3) is 22.4 Å². The molecule has 1 aliphatic heterocycles. The van der Waals surface area contributed by atoms with Gasteiger partial charge in [0, 0.05) is 31.8 Å². The van der Waals surface area contributed by atoms with Crippen molar-refractivity contribution >= 4 is 6.03 Å². The average molecular weight is 331 g/mol. The second kappa shape index (κ2) is 5.88. The molecule has 0 saturated heterocycles. The van der Waals surface area contributed by atoms with E-state index in [1.807, 2.05) is 13.2 Å². The number of likely N-dealkylation sites (N-methyl/N-ethyl adjacent to an activating group) is 1. The number of hydrogen-bond donors (Lipinski definition) is 0. The minimum Gasteiger partial charge on any atom is -0.327 e. The molecule has 2 aromatic carbocycles.